The molecule has 3 heteroatoms. The average molecular weight is 192 g/mol. The summed E-state index contributed by atoms with van der Waals surface area (Å²) in [5.74, 6) is 1.63. The van der Waals surface area contributed by atoms with Gasteiger partial charge in [-0.25, -0.2) is 0 Å². The molecule has 0 spiro atoms. The lowest BCUT2D eigenvalue weighted by molar-refractivity contribution is 0.0683. The van der Waals surface area contributed by atoms with Crippen molar-refractivity contribution < 1.29 is 4.74 Å². The fourth-order valence-electron chi connectivity index (χ4n) is 1.74. The average Bonchev–Trinajstić information content (AvgIpc) is 2.13. The van der Waals surface area contributed by atoms with Crippen LogP contribution in [0.25, 0.3) is 0 Å². The summed E-state index contributed by atoms with van der Waals surface area (Å²) in [5.41, 5.74) is 6.65. The number of aryl methyl sites for hydroxylation is 1. The second kappa shape index (κ2) is 3.96. The molecule has 1 fully saturated rings. The lowest BCUT2D eigenvalue weighted by atomic mass is 9.82. The normalized spacial score (nSPS) is 25.6. The molecule has 3 nitrogen and oxygen atoms in total. The lowest BCUT2D eigenvalue weighted by Crippen LogP contribution is -2.37. The van der Waals surface area contributed by atoms with E-state index in [4.69, 9.17) is 10.5 Å². The van der Waals surface area contributed by atoms with Gasteiger partial charge in [0.05, 0.1) is 6.10 Å². The fourth-order valence-corrected chi connectivity index (χ4v) is 1.74. The third-order valence-corrected chi connectivity index (χ3v) is 2.79. The number of ether oxygens (including phenoxy) is 1. The van der Waals surface area contributed by atoms with Gasteiger partial charge in [-0.3, -0.25) is 4.98 Å². The Kier molecular flexibility index (Phi) is 2.68. The molecule has 14 heavy (non-hydrogen) atoms. The van der Waals surface area contributed by atoms with Gasteiger partial charge in [-0.1, -0.05) is 0 Å². The van der Waals surface area contributed by atoms with Crippen LogP contribution in [0.15, 0.2) is 18.5 Å². The Hall–Kier alpha value is -1.09. The molecule has 1 saturated carbocycles. The molecule has 0 amide bonds. The van der Waals surface area contributed by atoms with Crippen molar-refractivity contribution in [3.05, 3.63) is 24.0 Å². The van der Waals surface area contributed by atoms with Crippen molar-refractivity contribution in [1.29, 1.82) is 0 Å². The SMILES string of the molecule is Cc1cnccc1OC1CC(CN)C1. The zero-order chi connectivity index (χ0) is 9.97. The van der Waals surface area contributed by atoms with Crippen LogP contribution in [0.5, 0.6) is 5.75 Å². The first-order valence-electron chi connectivity index (χ1n) is 5.07. The highest BCUT2D eigenvalue weighted by Gasteiger charge is 2.29. The molecule has 1 aliphatic rings. The first-order chi connectivity index (χ1) is 6.79. The standard InChI is InChI=1S/C11H16N2O/c1-8-7-13-3-2-11(8)14-10-4-9(5-10)6-12/h2-3,7,9-10H,4-6,12H2,1H3. The summed E-state index contributed by atoms with van der Waals surface area (Å²) < 4.78 is 5.82. The van der Waals surface area contributed by atoms with E-state index in [-0.39, 0.29) is 0 Å². The molecular weight excluding hydrogens is 176 g/mol. The van der Waals surface area contributed by atoms with E-state index < -0.39 is 0 Å². The van der Waals surface area contributed by atoms with Crippen molar-refractivity contribution in [3.8, 4) is 5.75 Å². The highest BCUT2D eigenvalue weighted by Crippen LogP contribution is 2.31. The number of nitrogens with zero attached hydrogens (tertiary/aromatic N) is 1. The van der Waals surface area contributed by atoms with Crippen molar-refractivity contribution >= 4 is 0 Å². The van der Waals surface area contributed by atoms with E-state index in [0.717, 1.165) is 30.7 Å². The van der Waals surface area contributed by atoms with Gasteiger partial charge in [0.25, 0.3) is 0 Å². The molecule has 0 atom stereocenters. The van der Waals surface area contributed by atoms with Crippen LogP contribution >= 0.6 is 0 Å². The number of pyridine rings is 1. The Bertz CT molecular complexity index is 308. The van der Waals surface area contributed by atoms with Crippen LogP contribution < -0.4 is 10.5 Å². The molecule has 1 aromatic rings. The van der Waals surface area contributed by atoms with Crippen molar-refractivity contribution in [1.82, 2.24) is 4.98 Å². The smallest absolute Gasteiger partial charge is 0.125 e. The molecule has 76 valence electrons. The van der Waals surface area contributed by atoms with Crippen LogP contribution in [0.1, 0.15) is 18.4 Å². The van der Waals surface area contributed by atoms with Gasteiger partial charge >= 0.3 is 0 Å². The highest BCUT2D eigenvalue weighted by atomic mass is 16.5. The summed E-state index contributed by atoms with van der Waals surface area (Å²) in [6, 6.07) is 1.92. The number of rotatable bonds is 3. The molecule has 0 radical (unpaired) electrons. The van der Waals surface area contributed by atoms with Crippen molar-refractivity contribution in [3.63, 3.8) is 0 Å². The molecule has 0 aliphatic heterocycles. The topological polar surface area (TPSA) is 48.1 Å². The maximum Gasteiger partial charge on any atom is 0.125 e. The van der Waals surface area contributed by atoms with Crippen molar-refractivity contribution in [2.24, 2.45) is 11.7 Å². The summed E-state index contributed by atoms with van der Waals surface area (Å²) >= 11 is 0. The Morgan fingerprint density at radius 3 is 3.00 bits per heavy atom. The van der Waals surface area contributed by atoms with Crippen LogP contribution in [0.2, 0.25) is 0 Å². The fraction of sp³-hybridized carbons (Fsp3) is 0.545. The monoisotopic (exact) mass is 192 g/mol. The first kappa shape index (κ1) is 9.46. The minimum Gasteiger partial charge on any atom is -0.490 e. The minimum atomic E-state index is 0.365. The van der Waals surface area contributed by atoms with E-state index in [1.54, 1.807) is 6.20 Å². The number of nitrogens with two attached hydrogens (primary N) is 1. The van der Waals surface area contributed by atoms with Crippen LogP contribution in [0.4, 0.5) is 0 Å². The van der Waals surface area contributed by atoms with E-state index >= 15 is 0 Å². The molecule has 1 aromatic heterocycles. The Morgan fingerprint density at radius 1 is 1.57 bits per heavy atom. The Balaban J connectivity index is 1.90. The van der Waals surface area contributed by atoms with E-state index in [0.29, 0.717) is 12.0 Å². The van der Waals surface area contributed by atoms with Gasteiger partial charge < -0.3 is 10.5 Å². The van der Waals surface area contributed by atoms with Crippen LogP contribution in [0, 0.1) is 12.8 Å². The molecular formula is C11H16N2O. The van der Waals surface area contributed by atoms with Gasteiger partial charge in [-0.05, 0) is 38.3 Å². The quantitative estimate of drug-likeness (QED) is 0.789. The summed E-state index contributed by atoms with van der Waals surface area (Å²) in [4.78, 5) is 4.03. The van der Waals surface area contributed by atoms with Gasteiger partial charge in [0.2, 0.25) is 0 Å². The third-order valence-electron chi connectivity index (χ3n) is 2.79. The predicted molar refractivity (Wildman–Crippen MR) is 55.2 cm³/mol. The maximum atomic E-state index is 5.82. The van der Waals surface area contributed by atoms with Gasteiger partial charge in [-0.2, -0.15) is 0 Å². The molecule has 0 aromatic carbocycles. The number of aromatic nitrogens is 1. The second-order valence-electron chi connectivity index (χ2n) is 3.95. The Labute approximate surface area is 84.3 Å². The largest absolute Gasteiger partial charge is 0.490 e. The summed E-state index contributed by atoms with van der Waals surface area (Å²) in [6.07, 6.45) is 6.15. The molecule has 0 bridgehead atoms. The molecule has 2 rings (SSSR count). The third kappa shape index (κ3) is 1.87. The molecule has 0 saturated heterocycles. The maximum absolute atomic E-state index is 5.82. The molecule has 1 heterocycles. The summed E-state index contributed by atoms with van der Waals surface area (Å²) in [6.45, 7) is 2.80. The second-order valence-corrected chi connectivity index (χ2v) is 3.95. The lowest BCUT2D eigenvalue weighted by Gasteiger charge is -2.34. The summed E-state index contributed by atoms with van der Waals surface area (Å²) in [7, 11) is 0. The zero-order valence-corrected chi connectivity index (χ0v) is 8.44. The molecule has 0 unspecified atom stereocenters. The highest BCUT2D eigenvalue weighted by molar-refractivity contribution is 5.28. The first-order valence-corrected chi connectivity index (χ1v) is 5.07. The zero-order valence-electron chi connectivity index (χ0n) is 8.44. The van der Waals surface area contributed by atoms with Crippen LogP contribution in [-0.2, 0) is 0 Å². The van der Waals surface area contributed by atoms with E-state index in [1.807, 2.05) is 19.2 Å². The predicted octanol–water partition coefficient (Wildman–Crippen LogP) is 1.51. The van der Waals surface area contributed by atoms with Crippen LogP contribution in [0.3, 0.4) is 0 Å². The molecule has 1 aliphatic carbocycles. The van der Waals surface area contributed by atoms with Crippen molar-refractivity contribution in [2.45, 2.75) is 25.9 Å². The van der Waals surface area contributed by atoms with Gasteiger partial charge in [0.15, 0.2) is 0 Å². The van der Waals surface area contributed by atoms with Gasteiger partial charge in [0, 0.05) is 18.0 Å². The molecule has 2 N–H and O–H groups in total. The van der Waals surface area contributed by atoms with E-state index in [2.05, 4.69) is 4.98 Å². The minimum absolute atomic E-state index is 0.365. The van der Waals surface area contributed by atoms with E-state index in [1.165, 1.54) is 0 Å². The van der Waals surface area contributed by atoms with Gasteiger partial charge in [-0.15, -0.1) is 0 Å². The van der Waals surface area contributed by atoms with Crippen molar-refractivity contribution in [2.75, 3.05) is 6.54 Å². The number of hydrogen-bond acceptors (Lipinski definition) is 3. The van der Waals surface area contributed by atoms with Gasteiger partial charge in [0.1, 0.15) is 5.75 Å². The van der Waals surface area contributed by atoms with E-state index in [9.17, 15) is 0 Å². The Morgan fingerprint density at radius 2 is 2.36 bits per heavy atom. The summed E-state index contributed by atoms with van der Waals surface area (Å²) in [5, 5.41) is 0. The number of hydrogen-bond donors (Lipinski definition) is 1. The van der Waals surface area contributed by atoms with Crippen LogP contribution in [-0.4, -0.2) is 17.6 Å².